The summed E-state index contributed by atoms with van der Waals surface area (Å²) in [5.74, 6) is -0.225. The Balaban J connectivity index is 0.00000208. The van der Waals surface area contributed by atoms with Crippen LogP contribution in [-0.2, 0) is 4.79 Å². The van der Waals surface area contributed by atoms with Gasteiger partial charge in [-0.05, 0) is 49.2 Å². The maximum Gasteiger partial charge on any atom is 0.291 e. The van der Waals surface area contributed by atoms with E-state index < -0.39 is 0 Å². The van der Waals surface area contributed by atoms with E-state index in [2.05, 4.69) is 10.6 Å². The van der Waals surface area contributed by atoms with Gasteiger partial charge in [-0.25, -0.2) is 0 Å². The highest BCUT2D eigenvalue weighted by molar-refractivity contribution is 6.02. The van der Waals surface area contributed by atoms with Crippen molar-refractivity contribution in [3.05, 3.63) is 48.4 Å². The first kappa shape index (κ1) is 18.0. The van der Waals surface area contributed by atoms with E-state index in [1.165, 1.54) is 6.26 Å². The van der Waals surface area contributed by atoms with Crippen molar-refractivity contribution in [2.24, 2.45) is 11.7 Å². The van der Waals surface area contributed by atoms with Crippen molar-refractivity contribution in [1.29, 1.82) is 0 Å². The van der Waals surface area contributed by atoms with Crippen LogP contribution in [0.25, 0.3) is 0 Å². The van der Waals surface area contributed by atoms with Crippen molar-refractivity contribution in [1.82, 2.24) is 0 Å². The van der Waals surface area contributed by atoms with Crippen molar-refractivity contribution in [2.75, 3.05) is 10.6 Å². The molecule has 1 heterocycles. The highest BCUT2D eigenvalue weighted by atomic mass is 35.5. The fraction of sp³-hybridized carbons (Fsp3) is 0.294. The summed E-state index contributed by atoms with van der Waals surface area (Å²) >= 11 is 0. The topological polar surface area (TPSA) is 97.4 Å². The monoisotopic (exact) mass is 349 g/mol. The molecular formula is C17H20ClN3O3. The third kappa shape index (κ3) is 4.15. The Bertz CT molecular complexity index is 686. The number of rotatable bonds is 4. The van der Waals surface area contributed by atoms with Gasteiger partial charge in [0.1, 0.15) is 0 Å². The van der Waals surface area contributed by atoms with Crippen LogP contribution >= 0.6 is 12.4 Å². The van der Waals surface area contributed by atoms with E-state index in [9.17, 15) is 9.59 Å². The van der Waals surface area contributed by atoms with Crippen LogP contribution in [0, 0.1) is 5.92 Å². The maximum absolute atomic E-state index is 12.2. The van der Waals surface area contributed by atoms with E-state index in [0.29, 0.717) is 11.4 Å². The number of carbonyl (C=O) groups is 2. The Hall–Kier alpha value is -2.31. The van der Waals surface area contributed by atoms with Crippen LogP contribution in [0.3, 0.4) is 0 Å². The molecule has 0 aliphatic heterocycles. The fourth-order valence-corrected chi connectivity index (χ4v) is 2.79. The van der Waals surface area contributed by atoms with E-state index in [1.807, 2.05) is 0 Å². The lowest BCUT2D eigenvalue weighted by Crippen LogP contribution is -2.34. The summed E-state index contributed by atoms with van der Waals surface area (Å²) in [5, 5.41) is 5.59. The Morgan fingerprint density at radius 3 is 2.25 bits per heavy atom. The molecule has 0 spiro atoms. The smallest absolute Gasteiger partial charge is 0.291 e. The van der Waals surface area contributed by atoms with E-state index in [-0.39, 0.29) is 41.9 Å². The molecule has 1 fully saturated rings. The molecule has 1 aliphatic carbocycles. The SMILES string of the molecule is Cl.NC1CCCC1C(=O)Nc1ccc(NC(=O)c2ccco2)cc1. The fourth-order valence-electron chi connectivity index (χ4n) is 2.79. The van der Waals surface area contributed by atoms with Gasteiger partial charge in [0.15, 0.2) is 5.76 Å². The lowest BCUT2D eigenvalue weighted by Gasteiger charge is -2.15. The maximum atomic E-state index is 12.2. The molecule has 1 aromatic carbocycles. The molecule has 3 rings (SSSR count). The zero-order valence-electron chi connectivity index (χ0n) is 13.0. The van der Waals surface area contributed by atoms with E-state index >= 15 is 0 Å². The number of hydrogen-bond donors (Lipinski definition) is 3. The van der Waals surface area contributed by atoms with Gasteiger partial charge < -0.3 is 20.8 Å². The molecule has 4 N–H and O–H groups in total. The third-order valence-corrected chi connectivity index (χ3v) is 4.06. The molecule has 6 nitrogen and oxygen atoms in total. The molecule has 2 atom stereocenters. The second-order valence-electron chi connectivity index (χ2n) is 5.70. The summed E-state index contributed by atoms with van der Waals surface area (Å²) in [6.45, 7) is 0. The molecule has 1 aromatic heterocycles. The standard InChI is InChI=1S/C17H19N3O3.ClH/c18-14-4-1-3-13(14)16(21)19-11-6-8-12(9-7-11)20-17(22)15-5-2-10-23-15;/h2,5-10,13-14H,1,3-4,18H2,(H,19,21)(H,20,22);1H. The second kappa shape index (κ2) is 7.99. The lowest BCUT2D eigenvalue weighted by molar-refractivity contribution is -0.120. The number of benzene rings is 1. The first-order valence-corrected chi connectivity index (χ1v) is 7.65. The minimum atomic E-state index is -0.316. The Morgan fingerprint density at radius 2 is 1.71 bits per heavy atom. The first-order valence-electron chi connectivity index (χ1n) is 7.65. The zero-order chi connectivity index (χ0) is 16.2. The predicted octanol–water partition coefficient (Wildman–Crippen LogP) is 3.02. The molecule has 2 amide bonds. The minimum absolute atomic E-state index is 0. The van der Waals surface area contributed by atoms with Gasteiger partial charge in [-0.15, -0.1) is 12.4 Å². The first-order chi connectivity index (χ1) is 11.1. The molecule has 7 heteroatoms. The molecule has 24 heavy (non-hydrogen) atoms. The van der Waals surface area contributed by atoms with Crippen LogP contribution in [0.4, 0.5) is 11.4 Å². The summed E-state index contributed by atoms with van der Waals surface area (Å²) in [6, 6.07) is 10.1. The van der Waals surface area contributed by atoms with Crippen molar-refractivity contribution in [2.45, 2.75) is 25.3 Å². The van der Waals surface area contributed by atoms with Gasteiger partial charge in [-0.2, -0.15) is 0 Å². The summed E-state index contributed by atoms with van der Waals surface area (Å²) in [7, 11) is 0. The van der Waals surface area contributed by atoms with E-state index in [4.69, 9.17) is 10.2 Å². The molecule has 0 saturated heterocycles. The second-order valence-corrected chi connectivity index (χ2v) is 5.70. The molecule has 128 valence electrons. The number of nitrogens with two attached hydrogens (primary N) is 1. The average Bonchev–Trinajstić information content (AvgIpc) is 3.20. The summed E-state index contributed by atoms with van der Waals surface area (Å²) in [6.07, 6.45) is 4.18. The van der Waals surface area contributed by atoms with Crippen LogP contribution in [0.15, 0.2) is 47.1 Å². The normalized spacial score (nSPS) is 19.4. The van der Waals surface area contributed by atoms with Gasteiger partial charge in [0, 0.05) is 17.4 Å². The number of amides is 2. The summed E-state index contributed by atoms with van der Waals surface area (Å²) in [5.41, 5.74) is 7.25. The van der Waals surface area contributed by atoms with Gasteiger partial charge in [0.05, 0.1) is 12.2 Å². The van der Waals surface area contributed by atoms with Crippen molar-refractivity contribution >= 4 is 35.6 Å². The summed E-state index contributed by atoms with van der Waals surface area (Å²) < 4.78 is 5.03. The van der Waals surface area contributed by atoms with E-state index in [1.54, 1.807) is 36.4 Å². The largest absolute Gasteiger partial charge is 0.459 e. The molecule has 0 bridgehead atoms. The number of anilines is 2. The van der Waals surface area contributed by atoms with Crippen LogP contribution in [0.2, 0.25) is 0 Å². The van der Waals surface area contributed by atoms with Gasteiger partial charge in [0.2, 0.25) is 5.91 Å². The molecule has 0 radical (unpaired) electrons. The Kier molecular flexibility index (Phi) is 6.00. The number of nitrogens with one attached hydrogen (secondary N) is 2. The van der Waals surface area contributed by atoms with Crippen LogP contribution in [0.1, 0.15) is 29.8 Å². The van der Waals surface area contributed by atoms with Gasteiger partial charge in [-0.1, -0.05) is 6.42 Å². The molecule has 2 unspecified atom stereocenters. The van der Waals surface area contributed by atoms with Crippen LogP contribution in [-0.4, -0.2) is 17.9 Å². The van der Waals surface area contributed by atoms with Gasteiger partial charge in [0.25, 0.3) is 5.91 Å². The van der Waals surface area contributed by atoms with Crippen LogP contribution < -0.4 is 16.4 Å². The van der Waals surface area contributed by atoms with E-state index in [0.717, 1.165) is 19.3 Å². The molecule has 1 saturated carbocycles. The highest BCUT2D eigenvalue weighted by Gasteiger charge is 2.30. The number of furan rings is 1. The van der Waals surface area contributed by atoms with Crippen molar-refractivity contribution in [3.63, 3.8) is 0 Å². The average molecular weight is 350 g/mol. The predicted molar refractivity (Wildman–Crippen MR) is 94.3 cm³/mol. The number of halogens is 1. The highest BCUT2D eigenvalue weighted by Crippen LogP contribution is 2.25. The van der Waals surface area contributed by atoms with Gasteiger partial charge >= 0.3 is 0 Å². The number of hydrogen-bond acceptors (Lipinski definition) is 4. The Morgan fingerprint density at radius 1 is 1.04 bits per heavy atom. The van der Waals surface area contributed by atoms with Crippen LogP contribution in [0.5, 0.6) is 0 Å². The number of carbonyl (C=O) groups excluding carboxylic acids is 2. The zero-order valence-corrected chi connectivity index (χ0v) is 13.8. The van der Waals surface area contributed by atoms with Gasteiger partial charge in [-0.3, -0.25) is 9.59 Å². The molecule has 1 aliphatic rings. The quantitative estimate of drug-likeness (QED) is 0.790. The lowest BCUT2D eigenvalue weighted by atomic mass is 10.0. The molecule has 2 aromatic rings. The third-order valence-electron chi connectivity index (χ3n) is 4.06. The Labute approximate surface area is 146 Å². The van der Waals surface area contributed by atoms with Crippen molar-refractivity contribution in [3.8, 4) is 0 Å². The minimum Gasteiger partial charge on any atom is -0.459 e. The van der Waals surface area contributed by atoms with Crippen molar-refractivity contribution < 1.29 is 14.0 Å². The summed E-state index contributed by atoms with van der Waals surface area (Å²) in [4.78, 5) is 24.0. The molecular weight excluding hydrogens is 330 g/mol.